The highest BCUT2D eigenvalue weighted by atomic mass is 16.3. The zero-order valence-electron chi connectivity index (χ0n) is 12.7. The van der Waals surface area contributed by atoms with E-state index in [-0.39, 0.29) is 12.1 Å². The maximum absolute atomic E-state index is 12.0. The van der Waals surface area contributed by atoms with E-state index in [0.717, 1.165) is 18.9 Å². The summed E-state index contributed by atoms with van der Waals surface area (Å²) in [5.41, 5.74) is 0. The maximum Gasteiger partial charge on any atom is 0.317 e. The second kappa shape index (κ2) is 8.41. The molecule has 1 rings (SSSR count). The minimum absolute atomic E-state index is 0.0534. The lowest BCUT2D eigenvalue weighted by Gasteiger charge is -2.28. The molecule has 1 aliphatic carbocycles. The van der Waals surface area contributed by atoms with Crippen molar-refractivity contribution in [3.63, 3.8) is 0 Å². The molecule has 19 heavy (non-hydrogen) atoms. The monoisotopic (exact) mass is 270 g/mol. The van der Waals surface area contributed by atoms with Gasteiger partial charge in [-0.3, -0.25) is 0 Å². The number of carbonyl (C=O) groups excluding carboxylic acids is 1. The lowest BCUT2D eigenvalue weighted by molar-refractivity contribution is 0.119. The summed E-state index contributed by atoms with van der Waals surface area (Å²) in [5.74, 6) is 0.885. The molecule has 1 atom stereocenters. The van der Waals surface area contributed by atoms with Crippen LogP contribution in [0.5, 0.6) is 0 Å². The Labute approximate surface area is 117 Å². The predicted molar refractivity (Wildman–Crippen MR) is 78.1 cm³/mol. The average Bonchev–Trinajstić information content (AvgIpc) is 2.83. The summed E-state index contributed by atoms with van der Waals surface area (Å²) in [6, 6.07) is 0.0618. The molecular formula is C15H30N2O2. The molecule has 0 heterocycles. The molecule has 2 N–H and O–H groups in total. The van der Waals surface area contributed by atoms with Gasteiger partial charge >= 0.3 is 6.03 Å². The van der Waals surface area contributed by atoms with Gasteiger partial charge in [-0.1, -0.05) is 25.7 Å². The molecule has 0 aliphatic heterocycles. The summed E-state index contributed by atoms with van der Waals surface area (Å²) in [4.78, 5) is 13.7. The highest BCUT2D eigenvalue weighted by Gasteiger charge is 2.18. The SMILES string of the molecule is CC(O)CN(C(=O)NCCCC1CCCC1)C(C)C. The first kappa shape index (κ1) is 16.3. The van der Waals surface area contributed by atoms with E-state index < -0.39 is 6.10 Å². The van der Waals surface area contributed by atoms with Crippen LogP contribution in [0.2, 0.25) is 0 Å². The van der Waals surface area contributed by atoms with Crippen LogP contribution in [0.15, 0.2) is 0 Å². The lowest BCUT2D eigenvalue weighted by Crippen LogP contribution is -2.47. The van der Waals surface area contributed by atoms with Crippen molar-refractivity contribution in [3.05, 3.63) is 0 Å². The second-order valence-electron chi connectivity index (χ2n) is 6.12. The molecule has 4 nitrogen and oxygen atoms in total. The maximum atomic E-state index is 12.0. The van der Waals surface area contributed by atoms with Gasteiger partial charge in [-0.05, 0) is 39.5 Å². The van der Waals surface area contributed by atoms with Crippen molar-refractivity contribution in [3.8, 4) is 0 Å². The van der Waals surface area contributed by atoms with Crippen LogP contribution >= 0.6 is 0 Å². The van der Waals surface area contributed by atoms with Gasteiger partial charge in [-0.25, -0.2) is 4.79 Å². The molecule has 0 aromatic heterocycles. The minimum Gasteiger partial charge on any atom is -0.392 e. The van der Waals surface area contributed by atoms with E-state index in [4.69, 9.17) is 0 Å². The Kier molecular flexibility index (Phi) is 7.21. The molecule has 0 bridgehead atoms. The van der Waals surface area contributed by atoms with Crippen LogP contribution in [0.1, 0.15) is 59.3 Å². The van der Waals surface area contributed by atoms with Crippen molar-refractivity contribution in [2.24, 2.45) is 5.92 Å². The highest BCUT2D eigenvalue weighted by Crippen LogP contribution is 2.28. The predicted octanol–water partition coefficient (Wildman–Crippen LogP) is 2.76. The van der Waals surface area contributed by atoms with E-state index in [1.165, 1.54) is 32.1 Å². The fourth-order valence-corrected chi connectivity index (χ4v) is 2.80. The Morgan fingerprint density at radius 1 is 1.32 bits per heavy atom. The number of amides is 2. The van der Waals surface area contributed by atoms with Gasteiger partial charge in [0, 0.05) is 19.1 Å². The Morgan fingerprint density at radius 3 is 2.47 bits per heavy atom. The first-order chi connectivity index (χ1) is 9.00. The fraction of sp³-hybridized carbons (Fsp3) is 0.933. The Hall–Kier alpha value is -0.770. The topological polar surface area (TPSA) is 52.6 Å². The first-order valence-electron chi connectivity index (χ1n) is 7.73. The number of nitrogens with one attached hydrogen (secondary N) is 1. The van der Waals surface area contributed by atoms with E-state index >= 15 is 0 Å². The summed E-state index contributed by atoms with van der Waals surface area (Å²) in [6.45, 7) is 6.80. The summed E-state index contributed by atoms with van der Waals surface area (Å²) >= 11 is 0. The van der Waals surface area contributed by atoms with Crippen LogP contribution in [0.25, 0.3) is 0 Å². The summed E-state index contributed by atoms with van der Waals surface area (Å²) in [6.07, 6.45) is 7.32. The Balaban J connectivity index is 2.19. The van der Waals surface area contributed by atoms with Gasteiger partial charge in [0.1, 0.15) is 0 Å². The summed E-state index contributed by atoms with van der Waals surface area (Å²) < 4.78 is 0. The standard InChI is InChI=1S/C15H30N2O2/c1-12(2)17(11-13(3)18)15(19)16-10-6-9-14-7-4-5-8-14/h12-14,18H,4-11H2,1-3H3,(H,16,19). The smallest absolute Gasteiger partial charge is 0.317 e. The van der Waals surface area contributed by atoms with Gasteiger partial charge in [0.2, 0.25) is 0 Å². The number of hydrogen-bond acceptors (Lipinski definition) is 2. The molecule has 0 radical (unpaired) electrons. The van der Waals surface area contributed by atoms with Crippen LogP contribution in [0, 0.1) is 5.92 Å². The molecule has 0 spiro atoms. The summed E-state index contributed by atoms with van der Waals surface area (Å²) in [7, 11) is 0. The zero-order valence-corrected chi connectivity index (χ0v) is 12.7. The van der Waals surface area contributed by atoms with Crippen LogP contribution in [0.3, 0.4) is 0 Å². The van der Waals surface area contributed by atoms with Gasteiger partial charge in [0.15, 0.2) is 0 Å². The van der Waals surface area contributed by atoms with E-state index in [0.29, 0.717) is 6.54 Å². The molecule has 1 fully saturated rings. The molecule has 0 aromatic carbocycles. The van der Waals surface area contributed by atoms with Crippen molar-refractivity contribution in [1.82, 2.24) is 10.2 Å². The largest absolute Gasteiger partial charge is 0.392 e. The quantitative estimate of drug-likeness (QED) is 0.699. The van der Waals surface area contributed by atoms with Crippen molar-refractivity contribution in [1.29, 1.82) is 0 Å². The highest BCUT2D eigenvalue weighted by molar-refractivity contribution is 5.74. The second-order valence-corrected chi connectivity index (χ2v) is 6.12. The van der Waals surface area contributed by atoms with E-state index in [2.05, 4.69) is 5.32 Å². The third-order valence-corrected chi connectivity index (χ3v) is 3.89. The van der Waals surface area contributed by atoms with Crippen LogP contribution < -0.4 is 5.32 Å². The third kappa shape index (κ3) is 6.28. The number of aliphatic hydroxyl groups excluding tert-OH is 1. The van der Waals surface area contributed by atoms with Gasteiger partial charge < -0.3 is 15.3 Å². The Bertz CT molecular complexity index is 261. The van der Waals surface area contributed by atoms with Gasteiger partial charge in [-0.2, -0.15) is 0 Å². The normalized spacial score (nSPS) is 17.7. The molecule has 1 unspecified atom stereocenters. The molecule has 1 saturated carbocycles. The van der Waals surface area contributed by atoms with Gasteiger partial charge in [0.25, 0.3) is 0 Å². The van der Waals surface area contributed by atoms with Gasteiger partial charge in [0.05, 0.1) is 6.10 Å². The summed E-state index contributed by atoms with van der Waals surface area (Å²) in [5, 5.41) is 12.4. The van der Waals surface area contributed by atoms with Crippen molar-refractivity contribution >= 4 is 6.03 Å². The van der Waals surface area contributed by atoms with E-state index in [1.807, 2.05) is 13.8 Å². The minimum atomic E-state index is -0.480. The fourth-order valence-electron chi connectivity index (χ4n) is 2.80. The van der Waals surface area contributed by atoms with Crippen molar-refractivity contribution in [2.75, 3.05) is 13.1 Å². The van der Waals surface area contributed by atoms with Crippen LogP contribution in [-0.4, -0.2) is 41.3 Å². The van der Waals surface area contributed by atoms with Crippen LogP contribution in [-0.2, 0) is 0 Å². The third-order valence-electron chi connectivity index (χ3n) is 3.89. The molecule has 2 amide bonds. The number of urea groups is 1. The Morgan fingerprint density at radius 2 is 1.95 bits per heavy atom. The average molecular weight is 270 g/mol. The van der Waals surface area contributed by atoms with Crippen molar-refractivity contribution < 1.29 is 9.90 Å². The van der Waals surface area contributed by atoms with Gasteiger partial charge in [-0.15, -0.1) is 0 Å². The van der Waals surface area contributed by atoms with Crippen LogP contribution in [0.4, 0.5) is 4.79 Å². The molecular weight excluding hydrogens is 240 g/mol. The molecule has 0 saturated heterocycles. The first-order valence-corrected chi connectivity index (χ1v) is 7.73. The zero-order chi connectivity index (χ0) is 14.3. The molecule has 112 valence electrons. The van der Waals surface area contributed by atoms with E-state index in [9.17, 15) is 9.90 Å². The number of carbonyl (C=O) groups is 1. The lowest BCUT2D eigenvalue weighted by atomic mass is 10.0. The molecule has 4 heteroatoms. The molecule has 0 aromatic rings. The number of hydrogen-bond donors (Lipinski definition) is 2. The number of rotatable bonds is 7. The van der Waals surface area contributed by atoms with E-state index in [1.54, 1.807) is 11.8 Å². The number of nitrogens with zero attached hydrogens (tertiary/aromatic N) is 1. The number of aliphatic hydroxyl groups is 1. The van der Waals surface area contributed by atoms with Crippen molar-refractivity contribution in [2.45, 2.75) is 71.4 Å². The molecule has 1 aliphatic rings.